The molecular weight excluding hydrogens is 370 g/mol. The minimum Gasteiger partial charge on any atom is -0.383 e. The number of H-pyrrole nitrogens is 1. The highest BCUT2D eigenvalue weighted by molar-refractivity contribution is 8.00. The predicted molar refractivity (Wildman–Crippen MR) is 106 cm³/mol. The summed E-state index contributed by atoms with van der Waals surface area (Å²) in [6.07, 6.45) is 0. The molecule has 0 unspecified atom stereocenters. The SMILES string of the molecule is COCCNC(=O)[C@H](C)Sc1nc2scc(-c3ccccc3)c2c(=O)[nH]1. The summed E-state index contributed by atoms with van der Waals surface area (Å²) < 4.78 is 4.91. The monoisotopic (exact) mass is 389 g/mol. The van der Waals surface area contributed by atoms with Crippen LogP contribution in [0.3, 0.4) is 0 Å². The molecule has 0 aliphatic heterocycles. The van der Waals surface area contributed by atoms with Gasteiger partial charge in [-0.2, -0.15) is 0 Å². The summed E-state index contributed by atoms with van der Waals surface area (Å²) in [4.78, 5) is 32.6. The minimum absolute atomic E-state index is 0.119. The van der Waals surface area contributed by atoms with Crippen molar-refractivity contribution in [3.8, 4) is 11.1 Å². The van der Waals surface area contributed by atoms with Gasteiger partial charge in [0.05, 0.1) is 17.2 Å². The smallest absolute Gasteiger partial charge is 0.260 e. The maximum Gasteiger partial charge on any atom is 0.260 e. The molecule has 2 N–H and O–H groups in total. The van der Waals surface area contributed by atoms with Crippen LogP contribution in [0.1, 0.15) is 6.92 Å². The molecule has 0 radical (unpaired) electrons. The first-order chi connectivity index (χ1) is 12.6. The van der Waals surface area contributed by atoms with E-state index in [0.29, 0.717) is 28.5 Å². The predicted octanol–water partition coefficient (Wildman–Crippen LogP) is 2.89. The number of thiophene rings is 1. The van der Waals surface area contributed by atoms with Crippen molar-refractivity contribution in [1.29, 1.82) is 0 Å². The van der Waals surface area contributed by atoms with Gasteiger partial charge in [-0.3, -0.25) is 9.59 Å². The maximum atomic E-state index is 12.6. The van der Waals surface area contributed by atoms with Crippen molar-refractivity contribution < 1.29 is 9.53 Å². The number of rotatable bonds is 7. The molecule has 1 amide bonds. The summed E-state index contributed by atoms with van der Waals surface area (Å²) in [6, 6.07) is 9.75. The van der Waals surface area contributed by atoms with Gasteiger partial charge < -0.3 is 15.0 Å². The third-order valence-electron chi connectivity index (χ3n) is 3.77. The third-order valence-corrected chi connectivity index (χ3v) is 5.63. The van der Waals surface area contributed by atoms with Crippen LogP contribution in [-0.4, -0.2) is 41.4 Å². The van der Waals surface area contributed by atoms with E-state index in [1.54, 1.807) is 14.0 Å². The summed E-state index contributed by atoms with van der Waals surface area (Å²) in [6.45, 7) is 2.69. The lowest BCUT2D eigenvalue weighted by Crippen LogP contribution is -2.33. The molecule has 0 bridgehead atoms. The van der Waals surface area contributed by atoms with Crippen molar-refractivity contribution in [2.45, 2.75) is 17.3 Å². The summed E-state index contributed by atoms with van der Waals surface area (Å²) in [5.74, 6) is -0.119. The second-order valence-electron chi connectivity index (χ2n) is 5.61. The summed E-state index contributed by atoms with van der Waals surface area (Å²) in [5.41, 5.74) is 1.67. The van der Waals surface area contributed by atoms with Gasteiger partial charge in [0.2, 0.25) is 5.91 Å². The standard InChI is InChI=1S/C18H19N3O3S2/c1-11(15(22)19-8-9-24-2)26-18-20-16(23)14-13(10-25-17(14)21-18)12-6-4-3-5-7-12/h3-7,10-11H,8-9H2,1-2H3,(H,19,22)(H,20,21,23)/t11-/m0/s1. The number of hydrogen-bond donors (Lipinski definition) is 2. The van der Waals surface area contributed by atoms with Gasteiger partial charge in [0, 0.05) is 24.6 Å². The zero-order valence-corrected chi connectivity index (χ0v) is 16.1. The zero-order chi connectivity index (χ0) is 18.5. The molecule has 2 aromatic heterocycles. The number of methoxy groups -OCH3 is 1. The van der Waals surface area contributed by atoms with Gasteiger partial charge in [-0.15, -0.1) is 11.3 Å². The Morgan fingerprint density at radius 3 is 2.88 bits per heavy atom. The first-order valence-corrected chi connectivity index (χ1v) is 9.86. The van der Waals surface area contributed by atoms with E-state index in [-0.39, 0.29) is 16.7 Å². The highest BCUT2D eigenvalue weighted by atomic mass is 32.2. The summed E-state index contributed by atoms with van der Waals surface area (Å²) in [7, 11) is 1.58. The van der Waals surface area contributed by atoms with E-state index in [2.05, 4.69) is 15.3 Å². The Bertz CT molecular complexity index is 953. The molecule has 26 heavy (non-hydrogen) atoms. The number of amides is 1. The lowest BCUT2D eigenvalue weighted by molar-refractivity contribution is -0.120. The lowest BCUT2D eigenvalue weighted by Gasteiger charge is -2.11. The van der Waals surface area contributed by atoms with Gasteiger partial charge in [0.25, 0.3) is 5.56 Å². The van der Waals surface area contributed by atoms with Crippen LogP contribution in [0.25, 0.3) is 21.3 Å². The van der Waals surface area contributed by atoms with Crippen molar-refractivity contribution >= 4 is 39.2 Å². The van der Waals surface area contributed by atoms with Crippen LogP contribution in [0.15, 0.2) is 45.7 Å². The minimum atomic E-state index is -0.374. The third kappa shape index (κ3) is 4.14. The van der Waals surface area contributed by atoms with Crippen molar-refractivity contribution in [3.05, 3.63) is 46.1 Å². The Morgan fingerprint density at radius 1 is 1.38 bits per heavy atom. The molecule has 1 atom stereocenters. The first kappa shape index (κ1) is 18.6. The summed E-state index contributed by atoms with van der Waals surface area (Å²) >= 11 is 2.66. The lowest BCUT2D eigenvalue weighted by atomic mass is 10.1. The van der Waals surface area contributed by atoms with Crippen molar-refractivity contribution in [1.82, 2.24) is 15.3 Å². The van der Waals surface area contributed by atoms with E-state index in [1.165, 1.54) is 23.1 Å². The molecule has 1 aromatic carbocycles. The van der Waals surface area contributed by atoms with Gasteiger partial charge in [-0.05, 0) is 12.5 Å². The van der Waals surface area contributed by atoms with Crippen molar-refractivity contribution in [2.24, 2.45) is 0 Å². The van der Waals surface area contributed by atoms with E-state index >= 15 is 0 Å². The first-order valence-electron chi connectivity index (χ1n) is 8.10. The number of thioether (sulfide) groups is 1. The Kier molecular flexibility index (Phi) is 6.08. The van der Waals surface area contributed by atoms with E-state index < -0.39 is 0 Å². The van der Waals surface area contributed by atoms with Crippen LogP contribution in [0.2, 0.25) is 0 Å². The quantitative estimate of drug-likeness (QED) is 0.369. The largest absolute Gasteiger partial charge is 0.383 e. The average Bonchev–Trinajstić information content (AvgIpc) is 3.07. The number of nitrogens with one attached hydrogen (secondary N) is 2. The van der Waals surface area contributed by atoms with E-state index in [4.69, 9.17) is 4.74 Å². The fourth-order valence-corrected chi connectivity index (χ4v) is 4.28. The molecule has 136 valence electrons. The Hall–Kier alpha value is -2.16. The molecule has 0 saturated heterocycles. The van der Waals surface area contributed by atoms with Gasteiger partial charge >= 0.3 is 0 Å². The van der Waals surface area contributed by atoms with Crippen molar-refractivity contribution in [2.75, 3.05) is 20.3 Å². The second-order valence-corrected chi connectivity index (χ2v) is 7.80. The fraction of sp³-hybridized carbons (Fsp3) is 0.278. The molecule has 0 aliphatic rings. The van der Waals surface area contributed by atoms with Crippen LogP contribution in [0.5, 0.6) is 0 Å². The zero-order valence-electron chi connectivity index (χ0n) is 14.4. The van der Waals surface area contributed by atoms with Gasteiger partial charge in [-0.25, -0.2) is 4.98 Å². The highest BCUT2D eigenvalue weighted by Gasteiger charge is 2.18. The molecule has 0 saturated carbocycles. The Labute approximate surface area is 159 Å². The number of benzene rings is 1. The van der Waals surface area contributed by atoms with Crippen LogP contribution >= 0.6 is 23.1 Å². The Morgan fingerprint density at radius 2 is 2.15 bits per heavy atom. The molecule has 0 spiro atoms. The number of aromatic amines is 1. The number of nitrogens with zero attached hydrogens (tertiary/aromatic N) is 1. The number of aromatic nitrogens is 2. The second kappa shape index (κ2) is 8.48. The average molecular weight is 390 g/mol. The number of ether oxygens (including phenoxy) is 1. The number of carbonyl (C=O) groups is 1. The molecule has 6 nitrogen and oxygen atoms in total. The Balaban J connectivity index is 1.82. The summed E-state index contributed by atoms with van der Waals surface area (Å²) in [5, 5.41) is 5.38. The molecule has 3 aromatic rings. The molecule has 0 fully saturated rings. The maximum absolute atomic E-state index is 12.6. The van der Waals surface area contributed by atoms with Gasteiger partial charge in [0.1, 0.15) is 4.83 Å². The topological polar surface area (TPSA) is 84.1 Å². The normalized spacial score (nSPS) is 12.2. The van der Waals surface area contributed by atoms with E-state index in [0.717, 1.165) is 11.1 Å². The van der Waals surface area contributed by atoms with Crippen LogP contribution in [-0.2, 0) is 9.53 Å². The van der Waals surface area contributed by atoms with Crippen LogP contribution in [0, 0.1) is 0 Å². The highest BCUT2D eigenvalue weighted by Crippen LogP contribution is 2.31. The molecule has 0 aliphatic carbocycles. The molecule has 8 heteroatoms. The number of carbonyl (C=O) groups excluding carboxylic acids is 1. The van der Waals surface area contributed by atoms with E-state index in [1.807, 2.05) is 35.7 Å². The van der Waals surface area contributed by atoms with E-state index in [9.17, 15) is 9.59 Å². The van der Waals surface area contributed by atoms with Gasteiger partial charge in [0.15, 0.2) is 5.16 Å². The van der Waals surface area contributed by atoms with Crippen LogP contribution < -0.4 is 10.9 Å². The molecule has 3 rings (SSSR count). The number of fused-ring (bicyclic) bond motifs is 1. The number of hydrogen-bond acceptors (Lipinski definition) is 6. The molecular formula is C18H19N3O3S2. The van der Waals surface area contributed by atoms with Gasteiger partial charge in [-0.1, -0.05) is 42.1 Å². The van der Waals surface area contributed by atoms with Crippen LogP contribution in [0.4, 0.5) is 0 Å². The van der Waals surface area contributed by atoms with Crippen molar-refractivity contribution in [3.63, 3.8) is 0 Å². The molecule has 2 heterocycles. The fourth-order valence-electron chi connectivity index (χ4n) is 2.46.